The molecular formula is C43H77O8P. The van der Waals surface area contributed by atoms with Gasteiger partial charge < -0.3 is 14.4 Å². The van der Waals surface area contributed by atoms with Crippen molar-refractivity contribution in [2.75, 3.05) is 19.8 Å². The molecule has 0 saturated heterocycles. The van der Waals surface area contributed by atoms with Gasteiger partial charge in [0.1, 0.15) is 6.61 Å². The molecular weight excluding hydrogens is 675 g/mol. The summed E-state index contributed by atoms with van der Waals surface area (Å²) in [6.45, 7) is 5.31. The normalized spacial score (nSPS) is 13.8. The summed E-state index contributed by atoms with van der Waals surface area (Å²) in [6.07, 6.45) is 44.6. The molecule has 0 spiro atoms. The molecule has 1 N–H and O–H groups in total. The van der Waals surface area contributed by atoms with Crippen LogP contribution >= 0.6 is 7.82 Å². The summed E-state index contributed by atoms with van der Waals surface area (Å²) < 4.78 is 32.6. The fourth-order valence-corrected chi connectivity index (χ4v) is 6.33. The SMILES string of the molecule is CC/C=C\C/C=C\C/C=C\CCCCCC(=O)OC(COC(=O)CCCCCCCCCCC/C=C\CCCCCCCC)COP(=O)(O)OCC. The molecule has 0 rings (SSSR count). The zero-order chi connectivity index (χ0) is 38.2. The second kappa shape index (κ2) is 38.7. The Bertz CT molecular complexity index is 990. The van der Waals surface area contributed by atoms with Crippen molar-refractivity contribution in [1.82, 2.24) is 0 Å². The van der Waals surface area contributed by atoms with E-state index in [4.69, 9.17) is 18.5 Å². The lowest BCUT2D eigenvalue weighted by Gasteiger charge is -2.19. The number of rotatable bonds is 38. The number of ether oxygens (including phenoxy) is 2. The van der Waals surface area contributed by atoms with Crippen molar-refractivity contribution in [3.63, 3.8) is 0 Å². The molecule has 0 aliphatic heterocycles. The van der Waals surface area contributed by atoms with E-state index in [0.29, 0.717) is 6.42 Å². The first-order valence-corrected chi connectivity index (χ1v) is 22.4. The van der Waals surface area contributed by atoms with E-state index < -0.39 is 26.5 Å². The minimum atomic E-state index is -4.29. The van der Waals surface area contributed by atoms with Gasteiger partial charge in [0.2, 0.25) is 0 Å². The molecule has 0 aromatic heterocycles. The Morgan fingerprint density at radius 2 is 0.981 bits per heavy atom. The highest BCUT2D eigenvalue weighted by atomic mass is 31.2. The summed E-state index contributed by atoms with van der Waals surface area (Å²) in [6, 6.07) is 0. The molecule has 0 aromatic carbocycles. The van der Waals surface area contributed by atoms with Crippen molar-refractivity contribution in [3.8, 4) is 0 Å². The highest BCUT2D eigenvalue weighted by molar-refractivity contribution is 7.47. The number of carbonyl (C=O) groups excluding carboxylic acids is 2. The quantitative estimate of drug-likeness (QED) is 0.0287. The summed E-state index contributed by atoms with van der Waals surface area (Å²) >= 11 is 0. The van der Waals surface area contributed by atoms with E-state index in [1.807, 2.05) is 0 Å². The third-order valence-corrected chi connectivity index (χ3v) is 9.68. The maximum Gasteiger partial charge on any atom is 0.472 e. The van der Waals surface area contributed by atoms with Gasteiger partial charge in [-0.1, -0.05) is 146 Å². The van der Waals surface area contributed by atoms with Gasteiger partial charge in [0.25, 0.3) is 0 Å². The summed E-state index contributed by atoms with van der Waals surface area (Å²) in [4.78, 5) is 34.7. The van der Waals surface area contributed by atoms with Gasteiger partial charge in [0.05, 0.1) is 13.2 Å². The number of hydrogen-bond acceptors (Lipinski definition) is 7. The van der Waals surface area contributed by atoms with E-state index in [9.17, 15) is 19.0 Å². The van der Waals surface area contributed by atoms with Gasteiger partial charge >= 0.3 is 19.8 Å². The van der Waals surface area contributed by atoms with Crippen LogP contribution in [0, 0.1) is 0 Å². The van der Waals surface area contributed by atoms with Gasteiger partial charge in [0.15, 0.2) is 6.10 Å². The Morgan fingerprint density at radius 1 is 0.538 bits per heavy atom. The smallest absolute Gasteiger partial charge is 0.462 e. The fourth-order valence-electron chi connectivity index (χ4n) is 5.58. The van der Waals surface area contributed by atoms with E-state index in [1.54, 1.807) is 6.92 Å². The summed E-state index contributed by atoms with van der Waals surface area (Å²) in [5.74, 6) is -0.835. The molecule has 0 saturated carbocycles. The first-order chi connectivity index (χ1) is 25.3. The summed E-state index contributed by atoms with van der Waals surface area (Å²) in [5, 5.41) is 0. The molecule has 0 aliphatic carbocycles. The molecule has 0 aliphatic rings. The molecule has 0 radical (unpaired) electrons. The first kappa shape index (κ1) is 50.0. The Morgan fingerprint density at radius 3 is 1.52 bits per heavy atom. The van der Waals surface area contributed by atoms with Crippen LogP contribution in [0.3, 0.4) is 0 Å². The van der Waals surface area contributed by atoms with Crippen molar-refractivity contribution in [3.05, 3.63) is 48.6 Å². The third-order valence-electron chi connectivity index (χ3n) is 8.62. The van der Waals surface area contributed by atoms with Crippen LogP contribution in [0.25, 0.3) is 0 Å². The molecule has 0 bridgehead atoms. The van der Waals surface area contributed by atoms with Gasteiger partial charge in [0, 0.05) is 12.8 Å². The average molecular weight is 753 g/mol. The molecule has 2 atom stereocenters. The minimum absolute atomic E-state index is 0.00694. The van der Waals surface area contributed by atoms with Crippen molar-refractivity contribution < 1.29 is 37.6 Å². The van der Waals surface area contributed by atoms with Crippen LogP contribution in [0.15, 0.2) is 48.6 Å². The molecule has 0 aromatic rings. The van der Waals surface area contributed by atoms with Crippen LogP contribution in [-0.4, -0.2) is 42.8 Å². The maximum atomic E-state index is 12.5. The molecule has 2 unspecified atom stereocenters. The van der Waals surface area contributed by atoms with Crippen molar-refractivity contribution >= 4 is 19.8 Å². The zero-order valence-corrected chi connectivity index (χ0v) is 34.3. The standard InChI is InChI=1S/C43H77O8P/c1-4-7-9-11-13-15-17-19-20-21-22-23-24-26-27-29-31-33-35-37-42(44)48-39-41(40-50-52(46,47)49-6-3)51-43(45)38-36-34-32-30-28-25-18-16-14-12-10-8-5-2/h8,10,14,16,19-20,25,28,41H,4-7,9,11-13,15,17-18,21-24,26-27,29-40H2,1-3H3,(H,46,47)/b10-8-,16-14-,20-19-,28-25-. The second-order valence-electron chi connectivity index (χ2n) is 13.6. The number of unbranched alkanes of at least 4 members (excludes halogenated alkanes) is 18. The van der Waals surface area contributed by atoms with Crippen LogP contribution in [0.1, 0.15) is 188 Å². The zero-order valence-electron chi connectivity index (χ0n) is 33.5. The molecule has 0 heterocycles. The van der Waals surface area contributed by atoms with Crippen LogP contribution in [0.4, 0.5) is 0 Å². The van der Waals surface area contributed by atoms with Crippen molar-refractivity contribution in [2.24, 2.45) is 0 Å². The van der Waals surface area contributed by atoms with Gasteiger partial charge in [-0.05, 0) is 77.6 Å². The number of hydrogen-bond donors (Lipinski definition) is 1. The largest absolute Gasteiger partial charge is 0.472 e. The molecule has 0 fully saturated rings. The lowest BCUT2D eigenvalue weighted by molar-refractivity contribution is -0.161. The third kappa shape index (κ3) is 37.8. The van der Waals surface area contributed by atoms with Gasteiger partial charge in [-0.3, -0.25) is 18.6 Å². The number of phosphoric ester groups is 1. The van der Waals surface area contributed by atoms with E-state index in [1.165, 1.54) is 89.9 Å². The highest BCUT2D eigenvalue weighted by Gasteiger charge is 2.25. The van der Waals surface area contributed by atoms with Gasteiger partial charge in [-0.25, -0.2) is 4.57 Å². The van der Waals surface area contributed by atoms with E-state index in [0.717, 1.165) is 57.8 Å². The van der Waals surface area contributed by atoms with Crippen LogP contribution in [0.5, 0.6) is 0 Å². The Kier molecular flexibility index (Phi) is 37.2. The van der Waals surface area contributed by atoms with Gasteiger partial charge in [-0.15, -0.1) is 0 Å². The molecule has 9 heteroatoms. The number of esters is 2. The molecule has 302 valence electrons. The molecule has 0 amide bonds. The minimum Gasteiger partial charge on any atom is -0.462 e. The maximum absolute atomic E-state index is 12.5. The lowest BCUT2D eigenvalue weighted by atomic mass is 10.1. The summed E-state index contributed by atoms with van der Waals surface area (Å²) in [7, 11) is -4.29. The fraction of sp³-hybridized carbons (Fsp3) is 0.767. The van der Waals surface area contributed by atoms with Crippen molar-refractivity contribution in [1.29, 1.82) is 0 Å². The second-order valence-corrected chi connectivity index (χ2v) is 15.1. The van der Waals surface area contributed by atoms with E-state index in [-0.39, 0.29) is 32.0 Å². The first-order valence-electron chi connectivity index (χ1n) is 20.9. The Hall–Kier alpha value is -1.99. The molecule has 8 nitrogen and oxygen atoms in total. The molecule has 52 heavy (non-hydrogen) atoms. The number of phosphoric acid groups is 1. The topological polar surface area (TPSA) is 108 Å². The monoisotopic (exact) mass is 753 g/mol. The summed E-state index contributed by atoms with van der Waals surface area (Å²) in [5.41, 5.74) is 0. The number of allylic oxidation sites excluding steroid dienone is 8. The number of carbonyl (C=O) groups is 2. The predicted octanol–water partition coefficient (Wildman–Crippen LogP) is 13.0. The van der Waals surface area contributed by atoms with E-state index in [2.05, 4.69) is 62.5 Å². The Labute approximate surface area is 318 Å². The Balaban J connectivity index is 4.10. The predicted molar refractivity (Wildman–Crippen MR) is 216 cm³/mol. The van der Waals surface area contributed by atoms with E-state index >= 15 is 0 Å². The highest BCUT2D eigenvalue weighted by Crippen LogP contribution is 2.43. The van der Waals surface area contributed by atoms with Crippen LogP contribution in [0.2, 0.25) is 0 Å². The average Bonchev–Trinajstić information content (AvgIpc) is 3.12. The van der Waals surface area contributed by atoms with Crippen LogP contribution in [-0.2, 0) is 32.7 Å². The van der Waals surface area contributed by atoms with Crippen LogP contribution < -0.4 is 0 Å². The lowest BCUT2D eigenvalue weighted by Crippen LogP contribution is -2.29. The van der Waals surface area contributed by atoms with Crippen molar-refractivity contribution in [2.45, 2.75) is 194 Å². The van der Waals surface area contributed by atoms with Gasteiger partial charge in [-0.2, -0.15) is 0 Å².